The molecule has 168 valence electrons. The summed E-state index contributed by atoms with van der Waals surface area (Å²) in [5.74, 6) is 0.968. The minimum atomic E-state index is -1.05. The van der Waals surface area contributed by atoms with Gasteiger partial charge in [0.2, 0.25) is 5.91 Å². The third-order valence-corrected chi connectivity index (χ3v) is 6.65. The van der Waals surface area contributed by atoms with Crippen LogP contribution in [0.3, 0.4) is 0 Å². The van der Waals surface area contributed by atoms with E-state index in [2.05, 4.69) is 5.32 Å². The predicted octanol–water partition coefficient (Wildman–Crippen LogP) is 2.58. The number of carbonyl (C=O) groups is 2. The van der Waals surface area contributed by atoms with Crippen LogP contribution in [-0.4, -0.2) is 67.3 Å². The molecule has 0 bridgehead atoms. The van der Waals surface area contributed by atoms with E-state index >= 15 is 0 Å². The van der Waals surface area contributed by atoms with Crippen LogP contribution in [0.1, 0.15) is 43.1 Å². The number of fused-ring (bicyclic) bond motifs is 3. The number of benzene rings is 1. The minimum absolute atomic E-state index is 0.127. The molecule has 8 nitrogen and oxygen atoms in total. The van der Waals surface area contributed by atoms with Gasteiger partial charge in [0.15, 0.2) is 0 Å². The van der Waals surface area contributed by atoms with Crippen molar-refractivity contribution in [1.82, 2.24) is 14.8 Å². The molecule has 2 amide bonds. The Morgan fingerprint density at radius 2 is 1.84 bits per heavy atom. The Labute approximate surface area is 182 Å². The molecule has 1 saturated carbocycles. The maximum Gasteiger partial charge on any atom is 0.271 e. The van der Waals surface area contributed by atoms with Gasteiger partial charge in [-0.25, -0.2) is 0 Å². The second kappa shape index (κ2) is 8.42. The number of amides is 2. The topological polar surface area (TPSA) is 82.0 Å². The summed E-state index contributed by atoms with van der Waals surface area (Å²) in [5, 5.41) is 3.98. The molecule has 0 spiro atoms. The second-order valence-electron chi connectivity index (χ2n) is 8.53. The predicted molar refractivity (Wildman–Crippen MR) is 117 cm³/mol. The normalized spacial score (nSPS) is 21.4. The van der Waals surface area contributed by atoms with Crippen molar-refractivity contribution in [2.45, 2.75) is 50.7 Å². The van der Waals surface area contributed by atoms with Gasteiger partial charge in [-0.3, -0.25) is 9.59 Å². The largest absolute Gasteiger partial charge is 0.496 e. The molecule has 2 aliphatic rings. The lowest BCUT2D eigenvalue weighted by Gasteiger charge is -2.44. The van der Waals surface area contributed by atoms with Gasteiger partial charge >= 0.3 is 0 Å². The first kappa shape index (κ1) is 21.5. The van der Waals surface area contributed by atoms with Crippen LogP contribution in [0, 0.1) is 0 Å². The zero-order valence-electron chi connectivity index (χ0n) is 18.7. The lowest BCUT2D eigenvalue weighted by Crippen LogP contribution is -2.65. The zero-order valence-corrected chi connectivity index (χ0v) is 18.7. The lowest BCUT2D eigenvalue weighted by atomic mass is 9.94. The van der Waals surface area contributed by atoms with Crippen molar-refractivity contribution < 1.29 is 23.8 Å². The third kappa shape index (κ3) is 3.52. The van der Waals surface area contributed by atoms with Crippen LogP contribution >= 0.6 is 0 Å². The van der Waals surface area contributed by atoms with Crippen LogP contribution in [0.25, 0.3) is 10.9 Å². The van der Waals surface area contributed by atoms with Gasteiger partial charge in [0.05, 0.1) is 32.9 Å². The molecule has 1 aliphatic heterocycles. The third-order valence-electron chi connectivity index (χ3n) is 6.65. The number of nitrogens with one attached hydrogen (secondary N) is 1. The van der Waals surface area contributed by atoms with Crippen molar-refractivity contribution in [3.8, 4) is 11.5 Å². The van der Waals surface area contributed by atoms with Gasteiger partial charge in [0, 0.05) is 25.1 Å². The summed E-state index contributed by atoms with van der Waals surface area (Å²) in [4.78, 5) is 28.8. The number of nitrogens with zero attached hydrogens (tertiary/aromatic N) is 2. The first-order chi connectivity index (χ1) is 14.9. The van der Waals surface area contributed by atoms with Gasteiger partial charge in [-0.05, 0) is 38.0 Å². The molecule has 1 unspecified atom stereocenters. The number of hydrogen-bond acceptors (Lipinski definition) is 5. The number of hydrogen-bond donors (Lipinski definition) is 1. The summed E-state index contributed by atoms with van der Waals surface area (Å²) < 4.78 is 18.3. The Morgan fingerprint density at radius 1 is 1.16 bits per heavy atom. The summed E-state index contributed by atoms with van der Waals surface area (Å²) in [6, 6.07) is 5.65. The SMILES string of the molecule is COCCN1C(=O)c2cc3c(OC)ccc(OC)c3n2CC1(C)C(=O)NC1CCCC1. The molecule has 1 aliphatic carbocycles. The molecular formula is C23H31N3O5. The fourth-order valence-corrected chi connectivity index (χ4v) is 4.90. The maximum absolute atomic E-state index is 13.6. The molecule has 4 rings (SSSR count). The number of ether oxygens (including phenoxy) is 3. The molecule has 0 saturated heterocycles. The van der Waals surface area contributed by atoms with Gasteiger partial charge in [-0.2, -0.15) is 0 Å². The highest BCUT2D eigenvalue weighted by atomic mass is 16.5. The van der Waals surface area contributed by atoms with E-state index in [0.29, 0.717) is 36.9 Å². The Hall–Kier alpha value is -2.74. The molecule has 31 heavy (non-hydrogen) atoms. The average Bonchev–Trinajstić information content (AvgIpc) is 3.41. The quantitative estimate of drug-likeness (QED) is 0.732. The van der Waals surface area contributed by atoms with E-state index in [-0.39, 0.29) is 17.9 Å². The molecule has 1 aromatic heterocycles. The molecule has 8 heteroatoms. The summed E-state index contributed by atoms with van der Waals surface area (Å²) in [7, 11) is 4.80. The molecule has 1 N–H and O–H groups in total. The lowest BCUT2D eigenvalue weighted by molar-refractivity contribution is -0.133. The van der Waals surface area contributed by atoms with Crippen LogP contribution in [0.15, 0.2) is 18.2 Å². The molecule has 2 aromatic rings. The second-order valence-corrected chi connectivity index (χ2v) is 8.53. The highest BCUT2D eigenvalue weighted by Crippen LogP contribution is 2.40. The molecule has 1 aromatic carbocycles. The standard InChI is InChI=1S/C23H31N3O5/c1-23(22(28)24-15-7-5-6-8-15)14-25-17(21(27)26(23)11-12-29-2)13-16-18(30-3)9-10-19(31-4)20(16)25/h9-10,13,15H,5-8,11-12,14H2,1-4H3,(H,24,28). The molecule has 1 atom stereocenters. The van der Waals surface area contributed by atoms with E-state index in [1.165, 1.54) is 0 Å². The van der Waals surface area contributed by atoms with Crippen molar-refractivity contribution in [2.75, 3.05) is 34.5 Å². The van der Waals surface area contributed by atoms with Crippen molar-refractivity contribution in [1.29, 1.82) is 0 Å². The fourth-order valence-electron chi connectivity index (χ4n) is 4.90. The van der Waals surface area contributed by atoms with Crippen molar-refractivity contribution >= 4 is 22.7 Å². The molecule has 0 radical (unpaired) electrons. The number of carbonyl (C=O) groups excluding carboxylic acids is 2. The van der Waals surface area contributed by atoms with Crippen molar-refractivity contribution in [3.05, 3.63) is 23.9 Å². The summed E-state index contributed by atoms with van der Waals surface area (Å²) in [5.41, 5.74) is 0.224. The van der Waals surface area contributed by atoms with Gasteiger partial charge in [-0.1, -0.05) is 12.8 Å². The van der Waals surface area contributed by atoms with Gasteiger partial charge in [0.25, 0.3) is 5.91 Å². The fraction of sp³-hybridized carbons (Fsp3) is 0.565. The van der Waals surface area contributed by atoms with Gasteiger partial charge in [-0.15, -0.1) is 0 Å². The zero-order chi connectivity index (χ0) is 22.2. The first-order valence-corrected chi connectivity index (χ1v) is 10.8. The number of methoxy groups -OCH3 is 3. The van der Waals surface area contributed by atoms with E-state index in [1.54, 1.807) is 26.2 Å². The highest BCUT2D eigenvalue weighted by molar-refractivity contribution is 6.05. The smallest absolute Gasteiger partial charge is 0.271 e. The Balaban J connectivity index is 1.82. The van der Waals surface area contributed by atoms with Crippen LogP contribution < -0.4 is 14.8 Å². The number of aromatic nitrogens is 1. The van der Waals surface area contributed by atoms with Gasteiger partial charge in [0.1, 0.15) is 22.7 Å². The maximum atomic E-state index is 13.6. The molecular weight excluding hydrogens is 398 g/mol. The Bertz CT molecular complexity index is 995. The molecule has 2 heterocycles. The van der Waals surface area contributed by atoms with E-state index < -0.39 is 5.54 Å². The highest BCUT2D eigenvalue weighted by Gasteiger charge is 2.48. The van der Waals surface area contributed by atoms with E-state index in [9.17, 15) is 9.59 Å². The Kier molecular flexibility index (Phi) is 5.83. The monoisotopic (exact) mass is 429 g/mol. The molecule has 1 fully saturated rings. The van der Waals surface area contributed by atoms with Crippen LogP contribution in [0.5, 0.6) is 11.5 Å². The van der Waals surface area contributed by atoms with Crippen molar-refractivity contribution in [2.24, 2.45) is 0 Å². The van der Waals surface area contributed by atoms with Crippen LogP contribution in [0.2, 0.25) is 0 Å². The van der Waals surface area contributed by atoms with E-state index in [1.807, 2.05) is 29.7 Å². The number of rotatable bonds is 7. The van der Waals surface area contributed by atoms with Crippen LogP contribution in [0.4, 0.5) is 0 Å². The first-order valence-electron chi connectivity index (χ1n) is 10.8. The van der Waals surface area contributed by atoms with Gasteiger partial charge < -0.3 is 29.0 Å². The average molecular weight is 430 g/mol. The summed E-state index contributed by atoms with van der Waals surface area (Å²) in [6.45, 7) is 2.85. The van der Waals surface area contributed by atoms with Crippen LogP contribution in [-0.2, 0) is 16.1 Å². The summed E-state index contributed by atoms with van der Waals surface area (Å²) >= 11 is 0. The van der Waals surface area contributed by atoms with Crippen molar-refractivity contribution in [3.63, 3.8) is 0 Å². The minimum Gasteiger partial charge on any atom is -0.496 e. The van der Waals surface area contributed by atoms with E-state index in [0.717, 1.165) is 36.6 Å². The van der Waals surface area contributed by atoms with E-state index in [4.69, 9.17) is 14.2 Å². The summed E-state index contributed by atoms with van der Waals surface area (Å²) in [6.07, 6.45) is 4.21. The Morgan fingerprint density at radius 3 is 2.48 bits per heavy atom.